The van der Waals surface area contributed by atoms with E-state index in [1.54, 1.807) is 12.1 Å². The van der Waals surface area contributed by atoms with Gasteiger partial charge in [-0.1, -0.05) is 0 Å². The van der Waals surface area contributed by atoms with Gasteiger partial charge in [-0.25, -0.2) is 0 Å². The maximum atomic E-state index is 8.67. The first-order valence-corrected chi connectivity index (χ1v) is 5.60. The van der Waals surface area contributed by atoms with Gasteiger partial charge < -0.3 is 4.74 Å². The zero-order valence-corrected chi connectivity index (χ0v) is 9.68. The molecular weight excluding hydrogens is 200 g/mol. The summed E-state index contributed by atoms with van der Waals surface area (Å²) >= 11 is 0. The number of likely N-dealkylation sites (tertiary alicyclic amines) is 1. The summed E-state index contributed by atoms with van der Waals surface area (Å²) in [5.41, 5.74) is 0.671. The maximum absolute atomic E-state index is 8.67. The van der Waals surface area contributed by atoms with Crippen LogP contribution in [0.15, 0.2) is 24.3 Å². The fourth-order valence-electron chi connectivity index (χ4n) is 1.77. The van der Waals surface area contributed by atoms with Crippen LogP contribution < -0.4 is 4.74 Å². The lowest BCUT2D eigenvalue weighted by molar-refractivity contribution is 0.000152. The van der Waals surface area contributed by atoms with Crippen LogP contribution in [0.3, 0.4) is 0 Å². The van der Waals surface area contributed by atoms with E-state index in [1.807, 2.05) is 12.1 Å². The van der Waals surface area contributed by atoms with Crippen LogP contribution in [0, 0.1) is 11.3 Å². The second-order valence-corrected chi connectivity index (χ2v) is 4.42. The van der Waals surface area contributed by atoms with E-state index in [9.17, 15) is 0 Å². The molecule has 0 radical (unpaired) electrons. The van der Waals surface area contributed by atoms with E-state index >= 15 is 0 Å². The minimum atomic E-state index is 0.301. The lowest BCUT2D eigenvalue weighted by Gasteiger charge is -2.41. The van der Waals surface area contributed by atoms with Crippen LogP contribution in [0.4, 0.5) is 0 Å². The topological polar surface area (TPSA) is 36.3 Å². The first-order chi connectivity index (χ1) is 7.69. The van der Waals surface area contributed by atoms with Crippen molar-refractivity contribution in [2.24, 2.45) is 0 Å². The number of nitrogens with zero attached hydrogens (tertiary/aromatic N) is 2. The second-order valence-electron chi connectivity index (χ2n) is 4.42. The van der Waals surface area contributed by atoms with Gasteiger partial charge in [-0.15, -0.1) is 0 Å². The Morgan fingerprint density at radius 2 is 1.94 bits per heavy atom. The fraction of sp³-hybridized carbons (Fsp3) is 0.462. The SMILES string of the molecule is CC(C)N1CC(Oc2ccc(C#N)cc2)C1. The van der Waals surface area contributed by atoms with Crippen molar-refractivity contribution in [3.05, 3.63) is 29.8 Å². The Kier molecular flexibility index (Phi) is 3.12. The Labute approximate surface area is 96.2 Å². The molecule has 3 heteroatoms. The highest BCUT2D eigenvalue weighted by atomic mass is 16.5. The monoisotopic (exact) mass is 216 g/mol. The number of benzene rings is 1. The van der Waals surface area contributed by atoms with Gasteiger partial charge in [0.2, 0.25) is 0 Å². The number of rotatable bonds is 3. The van der Waals surface area contributed by atoms with E-state index in [2.05, 4.69) is 24.8 Å². The van der Waals surface area contributed by atoms with Crippen molar-refractivity contribution < 1.29 is 4.74 Å². The standard InChI is InChI=1S/C13H16N2O/c1-10(2)15-8-13(9-15)16-12-5-3-11(7-14)4-6-12/h3-6,10,13H,8-9H2,1-2H3. The molecule has 0 spiro atoms. The maximum Gasteiger partial charge on any atom is 0.124 e. The Balaban J connectivity index is 1.85. The minimum absolute atomic E-state index is 0.301. The molecule has 0 amide bonds. The molecule has 0 saturated carbocycles. The summed E-state index contributed by atoms with van der Waals surface area (Å²) in [6, 6.07) is 9.98. The Morgan fingerprint density at radius 1 is 1.31 bits per heavy atom. The molecular formula is C13H16N2O. The fourth-order valence-corrected chi connectivity index (χ4v) is 1.77. The third kappa shape index (κ3) is 2.34. The molecule has 1 heterocycles. The van der Waals surface area contributed by atoms with Crippen LogP contribution in [-0.2, 0) is 0 Å². The highest BCUT2D eigenvalue weighted by Gasteiger charge is 2.29. The minimum Gasteiger partial charge on any atom is -0.488 e. The van der Waals surface area contributed by atoms with Crippen LogP contribution in [0.25, 0.3) is 0 Å². The number of hydrogen-bond donors (Lipinski definition) is 0. The zero-order chi connectivity index (χ0) is 11.5. The van der Waals surface area contributed by atoms with Crippen molar-refractivity contribution in [3.8, 4) is 11.8 Å². The highest BCUT2D eigenvalue weighted by Crippen LogP contribution is 2.19. The molecule has 1 aliphatic rings. The van der Waals surface area contributed by atoms with Crippen molar-refractivity contribution in [3.63, 3.8) is 0 Å². The van der Waals surface area contributed by atoms with E-state index < -0.39 is 0 Å². The van der Waals surface area contributed by atoms with E-state index in [1.165, 1.54) is 0 Å². The van der Waals surface area contributed by atoms with Crippen LogP contribution in [0.2, 0.25) is 0 Å². The first-order valence-electron chi connectivity index (χ1n) is 5.60. The smallest absolute Gasteiger partial charge is 0.124 e. The quantitative estimate of drug-likeness (QED) is 0.775. The van der Waals surface area contributed by atoms with Crippen LogP contribution in [0.1, 0.15) is 19.4 Å². The van der Waals surface area contributed by atoms with Gasteiger partial charge in [0.15, 0.2) is 0 Å². The molecule has 0 aromatic heterocycles. The molecule has 1 fully saturated rings. The molecule has 1 aromatic carbocycles. The van der Waals surface area contributed by atoms with Crippen LogP contribution >= 0.6 is 0 Å². The van der Waals surface area contributed by atoms with Gasteiger partial charge in [0.25, 0.3) is 0 Å². The van der Waals surface area contributed by atoms with Crippen LogP contribution in [-0.4, -0.2) is 30.1 Å². The molecule has 1 aliphatic heterocycles. The lowest BCUT2D eigenvalue weighted by atomic mass is 10.1. The number of ether oxygens (including phenoxy) is 1. The third-order valence-corrected chi connectivity index (χ3v) is 2.89. The summed E-state index contributed by atoms with van der Waals surface area (Å²) in [6.07, 6.45) is 0.301. The van der Waals surface area contributed by atoms with Crippen molar-refractivity contribution >= 4 is 0 Å². The van der Waals surface area contributed by atoms with Gasteiger partial charge in [-0.3, -0.25) is 4.90 Å². The summed E-state index contributed by atoms with van der Waals surface area (Å²) in [7, 11) is 0. The lowest BCUT2D eigenvalue weighted by Crippen LogP contribution is -2.56. The van der Waals surface area contributed by atoms with Crippen molar-refractivity contribution in [1.29, 1.82) is 5.26 Å². The van der Waals surface area contributed by atoms with Crippen molar-refractivity contribution in [2.45, 2.75) is 26.0 Å². The highest BCUT2D eigenvalue weighted by molar-refractivity contribution is 5.34. The van der Waals surface area contributed by atoms with E-state index in [0.717, 1.165) is 18.8 Å². The molecule has 1 saturated heterocycles. The molecule has 0 unspecified atom stereocenters. The molecule has 0 bridgehead atoms. The molecule has 3 nitrogen and oxygen atoms in total. The molecule has 0 atom stereocenters. The van der Waals surface area contributed by atoms with E-state index in [-0.39, 0.29) is 0 Å². The third-order valence-electron chi connectivity index (χ3n) is 2.89. The summed E-state index contributed by atoms with van der Waals surface area (Å²) < 4.78 is 5.78. The number of hydrogen-bond acceptors (Lipinski definition) is 3. The Morgan fingerprint density at radius 3 is 2.44 bits per heavy atom. The first kappa shape index (κ1) is 11.0. The van der Waals surface area contributed by atoms with Gasteiger partial charge in [0, 0.05) is 19.1 Å². The van der Waals surface area contributed by atoms with Gasteiger partial charge in [-0.05, 0) is 38.1 Å². The van der Waals surface area contributed by atoms with Crippen LogP contribution in [0.5, 0.6) is 5.75 Å². The predicted octanol–water partition coefficient (Wildman–Crippen LogP) is 2.03. The molecule has 0 N–H and O–H groups in total. The van der Waals surface area contributed by atoms with Gasteiger partial charge in [0.1, 0.15) is 11.9 Å². The van der Waals surface area contributed by atoms with Crippen molar-refractivity contribution in [2.75, 3.05) is 13.1 Å². The molecule has 2 rings (SSSR count). The average Bonchev–Trinajstić information content (AvgIpc) is 2.23. The summed E-state index contributed by atoms with van der Waals surface area (Å²) in [5.74, 6) is 0.854. The van der Waals surface area contributed by atoms with Crippen molar-refractivity contribution in [1.82, 2.24) is 4.90 Å². The summed E-state index contributed by atoms with van der Waals surface area (Å²) in [4.78, 5) is 2.37. The predicted molar refractivity (Wildman–Crippen MR) is 62.3 cm³/mol. The second kappa shape index (κ2) is 4.54. The largest absolute Gasteiger partial charge is 0.488 e. The number of nitriles is 1. The van der Waals surface area contributed by atoms with E-state index in [0.29, 0.717) is 17.7 Å². The van der Waals surface area contributed by atoms with E-state index in [4.69, 9.17) is 10.00 Å². The summed E-state index contributed by atoms with van der Waals surface area (Å²) in [5, 5.41) is 8.67. The van der Waals surface area contributed by atoms with Gasteiger partial charge in [-0.2, -0.15) is 5.26 Å². The normalized spacial score (nSPS) is 16.9. The molecule has 84 valence electrons. The molecule has 0 aliphatic carbocycles. The Hall–Kier alpha value is -1.53. The average molecular weight is 216 g/mol. The van der Waals surface area contributed by atoms with Gasteiger partial charge in [0.05, 0.1) is 11.6 Å². The Bertz CT molecular complexity index is 385. The molecule has 16 heavy (non-hydrogen) atoms. The summed E-state index contributed by atoms with van der Waals surface area (Å²) in [6.45, 7) is 6.38. The van der Waals surface area contributed by atoms with Gasteiger partial charge >= 0.3 is 0 Å². The zero-order valence-electron chi connectivity index (χ0n) is 9.68. The molecule has 1 aromatic rings.